The highest BCUT2D eigenvalue weighted by Gasteiger charge is 2.32. The number of rotatable bonds is 6. The second-order valence-electron chi connectivity index (χ2n) is 8.58. The van der Waals surface area contributed by atoms with Gasteiger partial charge in [-0.25, -0.2) is 19.6 Å². The molecule has 184 valence electrons. The van der Waals surface area contributed by atoms with E-state index >= 15 is 0 Å². The van der Waals surface area contributed by atoms with Crippen LogP contribution in [0.1, 0.15) is 31.0 Å². The standard InChI is InChI=1S/C25H23FN6O4/c1-13-9-22-29-19(23(33)27-12-15-3-8-21-18(10-15)30-25(35)36-21)11-20(32(22)31-13)24(34)28-14(2)16-4-6-17(26)7-5-16/h3-11,13-14,31H,12H2,1-2H3,(H,27,33)(H,28,34)(H,30,35)/t13?,14-/m0/s1. The van der Waals surface area contributed by atoms with Crippen LogP contribution >= 0.6 is 0 Å². The van der Waals surface area contributed by atoms with Gasteiger partial charge in [0.1, 0.15) is 23.0 Å². The molecule has 0 saturated carbocycles. The Labute approximate surface area is 204 Å². The maximum Gasteiger partial charge on any atom is 0.417 e. The van der Waals surface area contributed by atoms with E-state index in [4.69, 9.17) is 4.42 Å². The molecule has 0 bridgehead atoms. The molecule has 2 atom stereocenters. The van der Waals surface area contributed by atoms with E-state index < -0.39 is 23.6 Å². The van der Waals surface area contributed by atoms with E-state index in [1.807, 2.05) is 6.92 Å². The van der Waals surface area contributed by atoms with Crippen LogP contribution in [0.2, 0.25) is 0 Å². The third-order valence-corrected chi connectivity index (χ3v) is 5.83. The number of amides is 2. The van der Waals surface area contributed by atoms with Crippen molar-refractivity contribution < 1.29 is 18.4 Å². The first-order valence-corrected chi connectivity index (χ1v) is 11.3. The van der Waals surface area contributed by atoms with E-state index in [2.05, 4.69) is 26.0 Å². The Morgan fingerprint density at radius 2 is 1.97 bits per heavy atom. The van der Waals surface area contributed by atoms with Gasteiger partial charge in [0.05, 0.1) is 11.6 Å². The Morgan fingerprint density at radius 3 is 2.75 bits per heavy atom. The second kappa shape index (κ2) is 9.27. The van der Waals surface area contributed by atoms with Crippen molar-refractivity contribution in [1.82, 2.24) is 26.1 Å². The van der Waals surface area contributed by atoms with Crippen molar-refractivity contribution in [1.29, 1.82) is 0 Å². The number of aromatic amines is 1. The predicted molar refractivity (Wildman–Crippen MR) is 130 cm³/mol. The summed E-state index contributed by atoms with van der Waals surface area (Å²) >= 11 is 0. The predicted octanol–water partition coefficient (Wildman–Crippen LogP) is 2.14. The normalized spacial score (nSPS) is 17.7. The molecule has 0 radical (unpaired) electrons. The molecule has 3 heterocycles. The number of hydrogen-bond acceptors (Lipinski definition) is 7. The van der Waals surface area contributed by atoms with Crippen LogP contribution in [0.3, 0.4) is 0 Å². The first-order valence-electron chi connectivity index (χ1n) is 11.3. The minimum Gasteiger partial charge on any atom is -0.408 e. The molecule has 0 aliphatic carbocycles. The fourth-order valence-electron chi connectivity index (χ4n) is 4.01. The number of carbonyl (C=O) groups excluding carboxylic acids is 2. The Hall–Kier alpha value is -4.51. The molecule has 2 aliphatic heterocycles. The summed E-state index contributed by atoms with van der Waals surface area (Å²) < 4.78 is 18.3. The van der Waals surface area contributed by atoms with E-state index in [0.717, 1.165) is 11.1 Å². The second-order valence-corrected chi connectivity index (χ2v) is 8.58. The maximum absolute atomic E-state index is 13.3. The van der Waals surface area contributed by atoms with Gasteiger partial charge in [0.25, 0.3) is 11.8 Å². The van der Waals surface area contributed by atoms with E-state index in [-0.39, 0.29) is 29.8 Å². The van der Waals surface area contributed by atoms with Crippen molar-refractivity contribution in [3.05, 3.63) is 93.6 Å². The summed E-state index contributed by atoms with van der Waals surface area (Å²) in [6, 6.07) is 10.5. The van der Waals surface area contributed by atoms with Gasteiger partial charge in [-0.3, -0.25) is 19.6 Å². The number of halogens is 1. The zero-order chi connectivity index (χ0) is 25.4. The van der Waals surface area contributed by atoms with Gasteiger partial charge in [-0.2, -0.15) is 0 Å². The zero-order valence-electron chi connectivity index (χ0n) is 19.5. The molecular weight excluding hydrogens is 467 g/mol. The molecule has 0 fully saturated rings. The average molecular weight is 490 g/mol. The smallest absolute Gasteiger partial charge is 0.408 e. The molecule has 10 nitrogen and oxygen atoms in total. The Kier molecular flexibility index (Phi) is 5.98. The summed E-state index contributed by atoms with van der Waals surface area (Å²) in [5.41, 5.74) is 5.85. The van der Waals surface area contributed by atoms with Crippen molar-refractivity contribution in [3.63, 3.8) is 0 Å². The monoisotopic (exact) mass is 490 g/mol. The van der Waals surface area contributed by atoms with Crippen molar-refractivity contribution >= 4 is 28.6 Å². The molecule has 0 spiro atoms. The lowest BCUT2D eigenvalue weighted by molar-refractivity contribution is -0.119. The molecule has 2 amide bonds. The molecule has 1 aromatic heterocycles. The van der Waals surface area contributed by atoms with Gasteiger partial charge in [0.2, 0.25) is 0 Å². The molecule has 5 rings (SSSR count). The Bertz CT molecular complexity index is 1500. The van der Waals surface area contributed by atoms with Gasteiger partial charge in [0.15, 0.2) is 5.58 Å². The van der Waals surface area contributed by atoms with Crippen molar-refractivity contribution in [2.75, 3.05) is 0 Å². The van der Waals surface area contributed by atoms with Crippen LogP contribution in [0.15, 0.2) is 80.3 Å². The molecular formula is C25H23FN6O4. The topological polar surface area (TPSA) is 132 Å². The molecule has 1 unspecified atom stereocenters. The van der Waals surface area contributed by atoms with Crippen LogP contribution in [0.25, 0.3) is 11.1 Å². The number of H-pyrrole nitrogens is 1. The highest BCUT2D eigenvalue weighted by molar-refractivity contribution is 6.44. The maximum atomic E-state index is 13.3. The molecule has 0 saturated heterocycles. The summed E-state index contributed by atoms with van der Waals surface area (Å²) in [5.74, 6) is -1.36. The lowest BCUT2D eigenvalue weighted by Gasteiger charge is -2.27. The van der Waals surface area contributed by atoms with Crippen LogP contribution in [-0.4, -0.2) is 33.6 Å². The van der Waals surface area contributed by atoms with E-state index in [1.165, 1.54) is 23.2 Å². The molecule has 2 aliphatic rings. The Balaban J connectivity index is 1.33. The van der Waals surface area contributed by atoms with Crippen molar-refractivity contribution in [2.45, 2.75) is 32.5 Å². The number of aromatic nitrogens is 1. The fourth-order valence-corrected chi connectivity index (χ4v) is 4.01. The van der Waals surface area contributed by atoms with Crippen molar-refractivity contribution in [3.8, 4) is 0 Å². The highest BCUT2D eigenvalue weighted by atomic mass is 19.1. The molecule has 11 heteroatoms. The lowest BCUT2D eigenvalue weighted by Crippen LogP contribution is -2.44. The number of fused-ring (bicyclic) bond motifs is 2. The van der Waals surface area contributed by atoms with Gasteiger partial charge >= 0.3 is 5.76 Å². The third kappa shape index (κ3) is 4.68. The van der Waals surface area contributed by atoms with Crippen LogP contribution < -0.4 is 21.8 Å². The lowest BCUT2D eigenvalue weighted by atomic mass is 10.1. The number of oxazole rings is 1. The van der Waals surface area contributed by atoms with Gasteiger partial charge in [-0.1, -0.05) is 18.2 Å². The van der Waals surface area contributed by atoms with Gasteiger partial charge < -0.3 is 15.1 Å². The quantitative estimate of drug-likeness (QED) is 0.419. The van der Waals surface area contributed by atoms with Crippen LogP contribution in [0.5, 0.6) is 0 Å². The number of nitrogens with one attached hydrogen (secondary N) is 4. The molecule has 3 aromatic rings. The zero-order valence-corrected chi connectivity index (χ0v) is 19.5. The number of hydrazine groups is 1. The Morgan fingerprint density at radius 1 is 1.19 bits per heavy atom. The van der Waals surface area contributed by atoms with Gasteiger partial charge in [-0.15, -0.1) is 0 Å². The fraction of sp³-hybridized carbons (Fsp3) is 0.200. The van der Waals surface area contributed by atoms with Crippen LogP contribution in [-0.2, 0) is 16.1 Å². The number of benzene rings is 2. The highest BCUT2D eigenvalue weighted by Crippen LogP contribution is 2.24. The number of carbonyl (C=O) groups is 2. The van der Waals surface area contributed by atoms with Crippen molar-refractivity contribution in [2.24, 2.45) is 4.99 Å². The minimum absolute atomic E-state index is 0.0748. The summed E-state index contributed by atoms with van der Waals surface area (Å²) in [6.45, 7) is 3.86. The average Bonchev–Trinajstić information content (AvgIpc) is 3.41. The first kappa shape index (κ1) is 23.2. The molecule has 2 aromatic carbocycles. The van der Waals surface area contributed by atoms with Crippen LogP contribution in [0.4, 0.5) is 4.39 Å². The number of nitrogens with zero attached hydrogens (tertiary/aromatic N) is 2. The largest absolute Gasteiger partial charge is 0.417 e. The number of aliphatic imine (C=N–C) groups is 1. The summed E-state index contributed by atoms with van der Waals surface area (Å²) in [7, 11) is 0. The summed E-state index contributed by atoms with van der Waals surface area (Å²) in [4.78, 5) is 44.5. The van der Waals surface area contributed by atoms with Crippen LogP contribution in [0, 0.1) is 5.82 Å². The third-order valence-electron chi connectivity index (χ3n) is 5.83. The van der Waals surface area contributed by atoms with Gasteiger partial charge in [-0.05, 0) is 55.3 Å². The van der Waals surface area contributed by atoms with Gasteiger partial charge in [0, 0.05) is 18.7 Å². The number of hydrogen-bond donors (Lipinski definition) is 4. The summed E-state index contributed by atoms with van der Waals surface area (Å²) in [5, 5.41) is 7.22. The van der Waals surface area contributed by atoms with E-state index in [1.54, 1.807) is 43.3 Å². The minimum atomic E-state index is -0.551. The molecule has 36 heavy (non-hydrogen) atoms. The van der Waals surface area contributed by atoms with E-state index in [9.17, 15) is 18.8 Å². The molecule has 4 N–H and O–H groups in total. The SMILES string of the molecule is CC1C=C2N=C(C(=O)NCc3ccc4oc(=O)[nH]c4c3)C=C(C(=O)N[C@@H](C)c3ccc(F)cc3)N2N1. The first-order chi connectivity index (χ1) is 17.3. The van der Waals surface area contributed by atoms with E-state index in [0.29, 0.717) is 16.9 Å². The summed E-state index contributed by atoms with van der Waals surface area (Å²) in [6.07, 6.45) is 3.22.